The molecule has 0 unspecified atom stereocenters. The highest BCUT2D eigenvalue weighted by Gasteiger charge is 2.32. The van der Waals surface area contributed by atoms with Gasteiger partial charge in [0, 0.05) is 25.3 Å². The van der Waals surface area contributed by atoms with Crippen LogP contribution < -0.4 is 15.8 Å². The molecule has 1 aliphatic carbocycles. The van der Waals surface area contributed by atoms with E-state index in [1.54, 1.807) is 0 Å². The average molecular weight is 332 g/mol. The molecule has 2 amide bonds. The fraction of sp³-hybridized carbons (Fsp3) is 0.412. The van der Waals surface area contributed by atoms with Crippen molar-refractivity contribution < 1.29 is 23.9 Å². The van der Waals surface area contributed by atoms with Crippen LogP contribution in [0.15, 0.2) is 24.3 Å². The first kappa shape index (κ1) is 17.7. The summed E-state index contributed by atoms with van der Waals surface area (Å²) in [5.74, 6) is -1.44. The zero-order valence-electron chi connectivity index (χ0n) is 13.4. The fourth-order valence-corrected chi connectivity index (χ4v) is 2.83. The Bertz CT molecular complexity index is 653. The van der Waals surface area contributed by atoms with E-state index >= 15 is 0 Å². The topological polar surface area (TPSA) is 116 Å². The van der Waals surface area contributed by atoms with E-state index in [0.29, 0.717) is 30.6 Å². The molecule has 0 aliphatic heterocycles. The molecule has 0 radical (unpaired) electrons. The largest absolute Gasteiger partial charge is 0.427 e. The molecule has 1 fully saturated rings. The van der Waals surface area contributed by atoms with Crippen molar-refractivity contribution in [2.45, 2.75) is 38.6 Å². The predicted octanol–water partition coefficient (Wildman–Crippen LogP) is 0.955. The Balaban J connectivity index is 2.06. The molecule has 3 N–H and O–H groups in total. The van der Waals surface area contributed by atoms with Crippen LogP contribution in [0, 0.1) is 5.92 Å². The molecule has 0 spiro atoms. The molecule has 1 aromatic carbocycles. The van der Waals surface area contributed by atoms with E-state index in [0.717, 1.165) is 0 Å². The molecule has 1 saturated carbocycles. The van der Waals surface area contributed by atoms with Gasteiger partial charge in [-0.1, -0.05) is 0 Å². The molecule has 7 nitrogen and oxygen atoms in total. The number of carbonyl (C=O) groups is 4. The minimum absolute atomic E-state index is 0.0810. The van der Waals surface area contributed by atoms with Crippen LogP contribution in [0.25, 0.3) is 0 Å². The van der Waals surface area contributed by atoms with Crippen molar-refractivity contribution in [1.82, 2.24) is 5.32 Å². The van der Waals surface area contributed by atoms with E-state index in [1.165, 1.54) is 31.2 Å². The Morgan fingerprint density at radius 3 is 2.46 bits per heavy atom. The number of rotatable bonds is 5. The molecule has 24 heavy (non-hydrogen) atoms. The van der Waals surface area contributed by atoms with Gasteiger partial charge in [-0.25, -0.2) is 0 Å². The third-order valence-electron chi connectivity index (χ3n) is 3.96. The zero-order valence-corrected chi connectivity index (χ0v) is 13.4. The van der Waals surface area contributed by atoms with E-state index < -0.39 is 23.8 Å². The summed E-state index contributed by atoms with van der Waals surface area (Å²) in [6.07, 6.45) is 2.12. The van der Waals surface area contributed by atoms with Crippen LogP contribution in [0.4, 0.5) is 0 Å². The molecule has 0 saturated heterocycles. The van der Waals surface area contributed by atoms with Gasteiger partial charge >= 0.3 is 5.97 Å². The van der Waals surface area contributed by atoms with E-state index in [4.69, 9.17) is 10.5 Å². The maximum Gasteiger partial charge on any atom is 0.308 e. The summed E-state index contributed by atoms with van der Waals surface area (Å²) in [7, 11) is 0. The van der Waals surface area contributed by atoms with Gasteiger partial charge in [0.25, 0.3) is 5.91 Å². The number of benzene rings is 1. The number of hydrogen-bond acceptors (Lipinski definition) is 5. The predicted molar refractivity (Wildman–Crippen MR) is 85.2 cm³/mol. The van der Waals surface area contributed by atoms with Gasteiger partial charge in [-0.15, -0.1) is 0 Å². The van der Waals surface area contributed by atoms with Crippen molar-refractivity contribution >= 4 is 23.6 Å². The number of amides is 2. The van der Waals surface area contributed by atoms with Crippen molar-refractivity contribution in [2.75, 3.05) is 0 Å². The van der Waals surface area contributed by atoms with Gasteiger partial charge in [-0.05, 0) is 43.0 Å². The highest BCUT2D eigenvalue weighted by Crippen LogP contribution is 2.24. The van der Waals surface area contributed by atoms with Crippen LogP contribution in [0.5, 0.6) is 5.75 Å². The van der Waals surface area contributed by atoms with E-state index in [1.807, 2.05) is 0 Å². The van der Waals surface area contributed by atoms with Gasteiger partial charge in [0.05, 0.1) is 0 Å². The van der Waals surface area contributed by atoms with Crippen LogP contribution in [-0.2, 0) is 14.4 Å². The first-order valence-electron chi connectivity index (χ1n) is 7.77. The molecular weight excluding hydrogens is 312 g/mol. The summed E-state index contributed by atoms with van der Waals surface area (Å²) in [6.45, 7) is 1.28. The number of ketones is 1. The van der Waals surface area contributed by atoms with Crippen LogP contribution in [0.2, 0.25) is 0 Å². The summed E-state index contributed by atoms with van der Waals surface area (Å²) >= 11 is 0. The summed E-state index contributed by atoms with van der Waals surface area (Å²) < 4.78 is 4.89. The second-order valence-electron chi connectivity index (χ2n) is 5.87. The van der Waals surface area contributed by atoms with E-state index in [2.05, 4.69) is 5.32 Å². The van der Waals surface area contributed by atoms with Crippen molar-refractivity contribution in [3.8, 4) is 5.75 Å². The third-order valence-corrected chi connectivity index (χ3v) is 3.96. The van der Waals surface area contributed by atoms with Gasteiger partial charge in [-0.3, -0.25) is 19.2 Å². The Kier molecular flexibility index (Phi) is 5.68. The Morgan fingerprint density at radius 2 is 1.92 bits per heavy atom. The standard InChI is InChI=1S/C17H20N2O5/c1-10(20)24-14-7-5-11(6-8-14)17(23)19-15(16(18)22)12-3-2-4-13(21)9-12/h5-8,12,15H,2-4,9H2,1H3,(H2,18,22)(H,19,23)/t12-,15-/m1/s1. The van der Waals surface area contributed by atoms with Crippen LogP contribution >= 0.6 is 0 Å². The molecule has 0 heterocycles. The number of nitrogens with one attached hydrogen (secondary N) is 1. The summed E-state index contributed by atoms with van der Waals surface area (Å²) in [4.78, 5) is 46.4. The summed E-state index contributed by atoms with van der Waals surface area (Å²) in [5, 5.41) is 2.61. The maximum atomic E-state index is 12.3. The highest BCUT2D eigenvalue weighted by atomic mass is 16.5. The van der Waals surface area contributed by atoms with Gasteiger partial charge in [0.2, 0.25) is 5.91 Å². The SMILES string of the molecule is CC(=O)Oc1ccc(C(=O)N[C@@H](C(N)=O)[C@@H]2CCCC(=O)C2)cc1. The number of Topliss-reactive ketones (excluding diaryl/α,β-unsaturated/α-hetero) is 1. The first-order valence-corrected chi connectivity index (χ1v) is 7.77. The molecule has 0 bridgehead atoms. The highest BCUT2D eigenvalue weighted by molar-refractivity contribution is 5.97. The van der Waals surface area contributed by atoms with Gasteiger partial charge < -0.3 is 15.8 Å². The minimum atomic E-state index is -0.880. The molecule has 1 aromatic rings. The molecule has 7 heteroatoms. The van der Waals surface area contributed by atoms with Crippen molar-refractivity contribution in [2.24, 2.45) is 11.7 Å². The second-order valence-corrected chi connectivity index (χ2v) is 5.87. The number of ether oxygens (including phenoxy) is 1. The molecular formula is C17H20N2O5. The zero-order chi connectivity index (χ0) is 17.7. The van der Waals surface area contributed by atoms with Crippen LogP contribution in [0.1, 0.15) is 43.0 Å². The number of hydrogen-bond donors (Lipinski definition) is 2. The lowest BCUT2D eigenvalue weighted by molar-refractivity contribution is -0.132. The lowest BCUT2D eigenvalue weighted by atomic mass is 9.82. The van der Waals surface area contributed by atoms with Gasteiger partial charge in [0.15, 0.2) is 0 Å². The Hall–Kier alpha value is -2.70. The fourth-order valence-electron chi connectivity index (χ4n) is 2.83. The minimum Gasteiger partial charge on any atom is -0.427 e. The number of esters is 1. The molecule has 0 aromatic heterocycles. The first-order chi connectivity index (χ1) is 11.4. The average Bonchev–Trinajstić information content (AvgIpc) is 2.52. The summed E-state index contributed by atoms with van der Waals surface area (Å²) in [5.41, 5.74) is 5.70. The van der Waals surface area contributed by atoms with Gasteiger partial charge in [0.1, 0.15) is 17.6 Å². The smallest absolute Gasteiger partial charge is 0.308 e. The monoisotopic (exact) mass is 332 g/mol. The third kappa shape index (κ3) is 4.65. The van der Waals surface area contributed by atoms with E-state index in [9.17, 15) is 19.2 Å². The Labute approximate surface area is 139 Å². The second kappa shape index (κ2) is 7.72. The number of primary amides is 1. The van der Waals surface area contributed by atoms with Gasteiger partial charge in [-0.2, -0.15) is 0 Å². The lowest BCUT2D eigenvalue weighted by Crippen LogP contribution is -2.50. The van der Waals surface area contributed by atoms with Crippen molar-refractivity contribution in [3.05, 3.63) is 29.8 Å². The van der Waals surface area contributed by atoms with Crippen molar-refractivity contribution in [3.63, 3.8) is 0 Å². The normalized spacial score (nSPS) is 18.5. The Morgan fingerprint density at radius 1 is 1.25 bits per heavy atom. The van der Waals surface area contributed by atoms with Crippen molar-refractivity contribution in [1.29, 1.82) is 0 Å². The number of nitrogens with two attached hydrogens (primary N) is 1. The molecule has 2 atom stereocenters. The molecule has 1 aliphatic rings. The summed E-state index contributed by atoms with van der Waals surface area (Å²) in [6, 6.07) is 5.06. The quantitative estimate of drug-likeness (QED) is 0.615. The molecule has 2 rings (SSSR count). The molecule has 128 valence electrons. The number of carbonyl (C=O) groups excluding carboxylic acids is 4. The van der Waals surface area contributed by atoms with E-state index in [-0.39, 0.29) is 18.1 Å². The lowest BCUT2D eigenvalue weighted by Gasteiger charge is -2.28. The van der Waals surface area contributed by atoms with Crippen LogP contribution in [0.3, 0.4) is 0 Å². The van der Waals surface area contributed by atoms with Crippen LogP contribution in [-0.4, -0.2) is 29.6 Å². The maximum absolute atomic E-state index is 12.3.